The second-order valence-corrected chi connectivity index (χ2v) is 16.0. The van der Waals surface area contributed by atoms with Crippen molar-refractivity contribution in [3.8, 4) is 5.75 Å². The van der Waals surface area contributed by atoms with Gasteiger partial charge in [-0.05, 0) is 115 Å². The summed E-state index contributed by atoms with van der Waals surface area (Å²) in [7, 11) is 0. The molecular weight excluding hydrogens is 560 g/mol. The van der Waals surface area contributed by atoms with E-state index in [9.17, 15) is 9.59 Å². The molecule has 0 radical (unpaired) electrons. The van der Waals surface area contributed by atoms with Crippen molar-refractivity contribution in [3.63, 3.8) is 0 Å². The van der Waals surface area contributed by atoms with E-state index in [2.05, 4.69) is 40.7 Å². The summed E-state index contributed by atoms with van der Waals surface area (Å²) in [5.74, 6) is 5.11. The molecule has 246 valence electrons. The van der Waals surface area contributed by atoms with Gasteiger partial charge in [-0.3, -0.25) is 0 Å². The van der Waals surface area contributed by atoms with Crippen molar-refractivity contribution >= 4 is 16.9 Å². The number of fused-ring (bicyclic) bond motifs is 6. The minimum atomic E-state index is -0.375. The van der Waals surface area contributed by atoms with Crippen LogP contribution in [0.4, 0.5) is 0 Å². The highest BCUT2D eigenvalue weighted by Crippen LogP contribution is 2.67. The molecule has 45 heavy (non-hydrogen) atoms. The molecule has 0 aliphatic heterocycles. The van der Waals surface area contributed by atoms with Gasteiger partial charge < -0.3 is 13.9 Å². The Morgan fingerprint density at radius 1 is 1.02 bits per heavy atom. The highest BCUT2D eigenvalue weighted by Gasteiger charge is 2.59. The molecule has 6 rings (SSSR count). The van der Waals surface area contributed by atoms with Crippen LogP contribution in [0.3, 0.4) is 0 Å². The maximum absolute atomic E-state index is 12.9. The molecule has 5 heteroatoms. The fraction of sp³-hybridized carbons (Fsp3) is 0.700. The summed E-state index contributed by atoms with van der Waals surface area (Å²) in [4.78, 5) is 24.8. The lowest BCUT2D eigenvalue weighted by atomic mass is 9.47. The largest absolute Gasteiger partial charge is 0.482 e. The van der Waals surface area contributed by atoms with Gasteiger partial charge in [-0.25, -0.2) is 9.59 Å². The minimum absolute atomic E-state index is 0.0879. The van der Waals surface area contributed by atoms with Gasteiger partial charge in [-0.1, -0.05) is 72.5 Å². The van der Waals surface area contributed by atoms with Crippen LogP contribution in [0.25, 0.3) is 11.0 Å². The molecule has 1 heterocycles. The van der Waals surface area contributed by atoms with Crippen LogP contribution in [-0.4, -0.2) is 18.7 Å². The minimum Gasteiger partial charge on any atom is -0.482 e. The predicted octanol–water partition coefficient (Wildman–Crippen LogP) is 9.69. The second-order valence-electron chi connectivity index (χ2n) is 16.0. The lowest BCUT2D eigenvalue weighted by Gasteiger charge is -2.58. The van der Waals surface area contributed by atoms with Crippen LogP contribution in [-0.2, 0) is 16.0 Å². The van der Waals surface area contributed by atoms with Crippen LogP contribution in [0.2, 0.25) is 0 Å². The van der Waals surface area contributed by atoms with E-state index in [0.717, 1.165) is 72.1 Å². The van der Waals surface area contributed by atoms with E-state index >= 15 is 0 Å². The Balaban J connectivity index is 1.05. The van der Waals surface area contributed by atoms with Gasteiger partial charge in [-0.15, -0.1) is 0 Å². The SMILES string of the molecule is CCc1cc(=O)oc2cc(OCC(=O)O[C@H]3CC[C@@]4(C)C(=CC[C@H]5[C@H]6CC[C@H]([C@H](C)CCCC(C)C)[C@@]6(C)CC[C@H]54)C3)ccc12. The fourth-order valence-electron chi connectivity index (χ4n) is 10.7. The summed E-state index contributed by atoms with van der Waals surface area (Å²) < 4.78 is 17.1. The molecular formula is C40H56O5. The maximum Gasteiger partial charge on any atom is 0.344 e. The van der Waals surface area contributed by atoms with Crippen molar-refractivity contribution in [2.45, 2.75) is 125 Å². The number of esters is 1. The quantitative estimate of drug-likeness (QED) is 0.151. The molecule has 4 aliphatic carbocycles. The van der Waals surface area contributed by atoms with Crippen LogP contribution in [0.5, 0.6) is 5.75 Å². The summed E-state index contributed by atoms with van der Waals surface area (Å²) >= 11 is 0. The molecule has 3 saturated carbocycles. The molecule has 0 amide bonds. The van der Waals surface area contributed by atoms with Crippen molar-refractivity contribution in [1.29, 1.82) is 0 Å². The van der Waals surface area contributed by atoms with Gasteiger partial charge in [0, 0.05) is 23.9 Å². The third-order valence-electron chi connectivity index (χ3n) is 13.1. The fourth-order valence-corrected chi connectivity index (χ4v) is 10.7. The smallest absolute Gasteiger partial charge is 0.344 e. The van der Waals surface area contributed by atoms with Gasteiger partial charge in [0.15, 0.2) is 6.61 Å². The standard InChI is InChI=1S/C40H56O5/c1-7-27-21-37(41)45-36-23-29(12-14-31(27)36)43-24-38(42)44-30-17-19-39(5)28(22-30)11-13-32-34-16-15-33(26(4)10-8-9-25(2)3)40(34,6)20-18-35(32)39/h11-12,14,21,23,25-26,30,32-35H,7-10,13,15-20,22,24H2,1-6H3/t26-,30+,32+,33-,34-,35-,39+,40-/m1/s1. The van der Waals surface area contributed by atoms with Gasteiger partial charge in [0.25, 0.3) is 0 Å². The van der Waals surface area contributed by atoms with E-state index in [1.165, 1.54) is 63.0 Å². The summed E-state index contributed by atoms with van der Waals surface area (Å²) in [6, 6.07) is 6.92. The van der Waals surface area contributed by atoms with Crippen molar-refractivity contribution < 1.29 is 18.7 Å². The van der Waals surface area contributed by atoms with E-state index in [1.54, 1.807) is 6.07 Å². The Bertz CT molecular complexity index is 1470. The Hall–Kier alpha value is -2.56. The highest BCUT2D eigenvalue weighted by atomic mass is 16.6. The molecule has 2 aromatic rings. The molecule has 0 unspecified atom stereocenters. The number of ether oxygens (including phenoxy) is 2. The van der Waals surface area contributed by atoms with Crippen LogP contribution >= 0.6 is 0 Å². The average Bonchev–Trinajstić information content (AvgIpc) is 3.36. The highest BCUT2D eigenvalue weighted by molar-refractivity contribution is 5.81. The first kappa shape index (κ1) is 32.4. The molecule has 0 spiro atoms. The molecule has 1 aromatic carbocycles. The summed E-state index contributed by atoms with van der Waals surface area (Å²) in [5, 5.41) is 0.891. The second kappa shape index (κ2) is 12.9. The van der Waals surface area contributed by atoms with Crippen molar-refractivity contribution in [3.05, 3.63) is 51.9 Å². The molecule has 0 saturated heterocycles. The topological polar surface area (TPSA) is 65.7 Å². The number of rotatable bonds is 10. The Morgan fingerprint density at radius 2 is 1.84 bits per heavy atom. The summed E-state index contributed by atoms with van der Waals surface area (Å²) in [6.07, 6.45) is 17.0. The molecule has 1 aromatic heterocycles. The zero-order valence-corrected chi connectivity index (χ0v) is 28.7. The van der Waals surface area contributed by atoms with Crippen LogP contribution in [0.15, 0.2) is 45.1 Å². The molecule has 5 nitrogen and oxygen atoms in total. The number of hydrogen-bond donors (Lipinski definition) is 0. The monoisotopic (exact) mass is 616 g/mol. The summed E-state index contributed by atoms with van der Waals surface area (Å²) in [6.45, 7) is 14.3. The molecule has 0 bridgehead atoms. The molecule has 4 aliphatic rings. The van der Waals surface area contributed by atoms with Crippen molar-refractivity contribution in [2.75, 3.05) is 6.61 Å². The predicted molar refractivity (Wildman–Crippen MR) is 180 cm³/mol. The average molecular weight is 617 g/mol. The zero-order valence-electron chi connectivity index (χ0n) is 28.7. The first-order chi connectivity index (χ1) is 21.5. The lowest BCUT2D eigenvalue weighted by molar-refractivity contribution is -0.153. The van der Waals surface area contributed by atoms with Gasteiger partial charge in [0.1, 0.15) is 17.4 Å². The van der Waals surface area contributed by atoms with Crippen molar-refractivity contribution in [1.82, 2.24) is 0 Å². The number of benzene rings is 1. The van der Waals surface area contributed by atoms with Gasteiger partial charge >= 0.3 is 11.6 Å². The van der Waals surface area contributed by atoms with E-state index in [-0.39, 0.29) is 29.7 Å². The number of aryl methyl sites for hydroxylation is 1. The van der Waals surface area contributed by atoms with E-state index in [4.69, 9.17) is 13.9 Å². The Kier molecular flexibility index (Phi) is 9.29. The molecule has 3 fully saturated rings. The van der Waals surface area contributed by atoms with E-state index in [0.29, 0.717) is 16.7 Å². The first-order valence-electron chi connectivity index (χ1n) is 18.1. The first-order valence-corrected chi connectivity index (χ1v) is 18.1. The number of carbonyl (C=O) groups excluding carboxylic acids is 1. The number of carbonyl (C=O) groups is 1. The maximum atomic E-state index is 12.9. The zero-order chi connectivity index (χ0) is 31.9. The number of allylic oxidation sites excluding steroid dienone is 1. The number of hydrogen-bond acceptors (Lipinski definition) is 5. The Labute approximate surface area is 270 Å². The van der Waals surface area contributed by atoms with Crippen LogP contribution in [0.1, 0.15) is 118 Å². The van der Waals surface area contributed by atoms with E-state index in [1.807, 2.05) is 19.1 Å². The molecule has 0 N–H and O–H groups in total. The van der Waals surface area contributed by atoms with Gasteiger partial charge in [-0.2, -0.15) is 0 Å². The Morgan fingerprint density at radius 3 is 2.62 bits per heavy atom. The van der Waals surface area contributed by atoms with Crippen molar-refractivity contribution in [2.24, 2.45) is 46.3 Å². The van der Waals surface area contributed by atoms with Gasteiger partial charge in [0.05, 0.1) is 0 Å². The van der Waals surface area contributed by atoms with Crippen LogP contribution < -0.4 is 10.4 Å². The van der Waals surface area contributed by atoms with Gasteiger partial charge in [0.2, 0.25) is 0 Å². The lowest BCUT2D eigenvalue weighted by Crippen LogP contribution is -2.51. The third-order valence-corrected chi connectivity index (χ3v) is 13.1. The molecule has 8 atom stereocenters. The van der Waals surface area contributed by atoms with Crippen LogP contribution in [0, 0.1) is 46.3 Å². The summed E-state index contributed by atoms with van der Waals surface area (Å²) in [5.41, 5.74) is 3.31. The third kappa shape index (κ3) is 6.26. The van der Waals surface area contributed by atoms with E-state index < -0.39 is 0 Å². The normalized spacial score (nSPS) is 33.2.